The van der Waals surface area contributed by atoms with Gasteiger partial charge < -0.3 is 9.55 Å². The molecule has 1 aliphatic carbocycles. The summed E-state index contributed by atoms with van der Waals surface area (Å²) in [6.45, 7) is 2.24. The van der Waals surface area contributed by atoms with Crippen molar-refractivity contribution in [1.29, 1.82) is 0 Å². The third-order valence-electron chi connectivity index (χ3n) is 4.39. The van der Waals surface area contributed by atoms with Crippen LogP contribution in [0, 0.1) is 10.7 Å². The Balaban J connectivity index is 2.04. The van der Waals surface area contributed by atoms with Crippen molar-refractivity contribution >= 4 is 23.3 Å². The average molecular weight is 314 g/mol. The Morgan fingerprint density at radius 1 is 1.19 bits per heavy atom. The highest BCUT2D eigenvalue weighted by molar-refractivity contribution is 7.71. The number of nitrogens with one attached hydrogen (secondary N) is 1. The summed E-state index contributed by atoms with van der Waals surface area (Å²) in [5.74, 6) is 0.720. The van der Waals surface area contributed by atoms with Crippen LogP contribution >= 0.6 is 12.2 Å². The van der Waals surface area contributed by atoms with Gasteiger partial charge in [-0.3, -0.25) is 0 Å². The summed E-state index contributed by atoms with van der Waals surface area (Å²) in [5, 5.41) is 0. The number of H-pyrrole nitrogens is 1. The van der Waals surface area contributed by atoms with Gasteiger partial charge in [-0.05, 0) is 62.0 Å². The number of halogens is 3. The van der Waals surface area contributed by atoms with Gasteiger partial charge in [0.15, 0.2) is 4.77 Å². The van der Waals surface area contributed by atoms with Crippen molar-refractivity contribution in [3.05, 3.63) is 28.5 Å². The second-order valence-electron chi connectivity index (χ2n) is 5.94. The molecular weight excluding hydrogens is 297 g/mol. The van der Waals surface area contributed by atoms with Gasteiger partial charge in [-0.2, -0.15) is 13.2 Å². The van der Waals surface area contributed by atoms with Crippen LogP contribution in [0.2, 0.25) is 0 Å². The lowest BCUT2D eigenvalue weighted by Gasteiger charge is -2.27. The Bertz CT molecular complexity index is 706. The minimum atomic E-state index is -4.33. The van der Waals surface area contributed by atoms with Crippen LogP contribution in [0.4, 0.5) is 13.2 Å². The molecule has 1 fully saturated rings. The number of aromatic amines is 1. The predicted molar refractivity (Wildman–Crippen MR) is 78.8 cm³/mol. The van der Waals surface area contributed by atoms with Crippen LogP contribution in [0.15, 0.2) is 18.2 Å². The summed E-state index contributed by atoms with van der Waals surface area (Å²) in [4.78, 5) is 2.93. The maximum Gasteiger partial charge on any atom is 0.416 e. The summed E-state index contributed by atoms with van der Waals surface area (Å²) in [5.41, 5.74) is 0.594. The molecule has 0 radical (unpaired) electrons. The molecule has 21 heavy (non-hydrogen) atoms. The minimum absolute atomic E-state index is 0.291. The van der Waals surface area contributed by atoms with Gasteiger partial charge in [0.25, 0.3) is 0 Å². The summed E-state index contributed by atoms with van der Waals surface area (Å²) in [6.07, 6.45) is 0.0123. The molecule has 1 aromatic heterocycles. The second kappa shape index (κ2) is 5.16. The largest absolute Gasteiger partial charge is 0.416 e. The van der Waals surface area contributed by atoms with E-state index in [9.17, 15) is 13.2 Å². The van der Waals surface area contributed by atoms with Gasteiger partial charge in [-0.15, -0.1) is 0 Å². The van der Waals surface area contributed by atoms with E-state index < -0.39 is 11.7 Å². The first-order valence-corrected chi connectivity index (χ1v) is 7.58. The molecule has 1 saturated carbocycles. The molecule has 1 aromatic carbocycles. The molecule has 3 rings (SSSR count). The molecule has 1 aliphatic rings. The molecule has 0 atom stereocenters. The summed E-state index contributed by atoms with van der Waals surface area (Å²) >= 11 is 5.33. The van der Waals surface area contributed by atoms with Crippen LogP contribution in [0.1, 0.15) is 44.2 Å². The number of hydrogen-bond acceptors (Lipinski definition) is 1. The smallest absolute Gasteiger partial charge is 0.331 e. The molecule has 114 valence electrons. The molecular formula is C15H17F3N2S. The molecule has 0 amide bonds. The zero-order valence-electron chi connectivity index (χ0n) is 11.7. The standard InChI is InChI=1S/C15H17F3N2S/c1-9-2-5-11(6-3-9)20-13-7-4-10(15(16,17)18)8-12(13)19-14(20)21/h4,7-9,11H,2-3,5-6H2,1H3,(H,19,21). The van der Waals surface area contributed by atoms with Gasteiger partial charge in [0, 0.05) is 6.04 Å². The van der Waals surface area contributed by atoms with E-state index in [1.54, 1.807) is 0 Å². The number of fused-ring (bicyclic) bond motifs is 1. The fraction of sp³-hybridized carbons (Fsp3) is 0.533. The van der Waals surface area contributed by atoms with E-state index in [0.717, 1.165) is 49.3 Å². The number of rotatable bonds is 1. The van der Waals surface area contributed by atoms with Crippen molar-refractivity contribution in [2.45, 2.75) is 44.8 Å². The molecule has 1 N–H and O–H groups in total. The SMILES string of the molecule is CC1CCC(n2c(=S)[nH]c3cc(C(F)(F)F)ccc32)CC1. The van der Waals surface area contributed by atoms with Crippen molar-refractivity contribution in [2.24, 2.45) is 5.92 Å². The average Bonchev–Trinajstić information content (AvgIpc) is 2.74. The Morgan fingerprint density at radius 2 is 1.86 bits per heavy atom. The number of imidazole rings is 1. The summed E-state index contributed by atoms with van der Waals surface area (Å²) in [7, 11) is 0. The van der Waals surface area contributed by atoms with E-state index in [4.69, 9.17) is 12.2 Å². The number of hydrogen-bond donors (Lipinski definition) is 1. The molecule has 1 heterocycles. The highest BCUT2D eigenvalue weighted by Gasteiger charge is 2.31. The van der Waals surface area contributed by atoms with Crippen LogP contribution in [0.3, 0.4) is 0 Å². The molecule has 2 nitrogen and oxygen atoms in total. The zero-order chi connectivity index (χ0) is 15.2. The Labute approximate surface area is 126 Å². The first-order chi connectivity index (χ1) is 9.86. The van der Waals surface area contributed by atoms with Crippen molar-refractivity contribution in [1.82, 2.24) is 9.55 Å². The van der Waals surface area contributed by atoms with Gasteiger partial charge in [-0.1, -0.05) is 6.92 Å². The lowest BCUT2D eigenvalue weighted by atomic mass is 9.87. The van der Waals surface area contributed by atoms with E-state index in [-0.39, 0.29) is 0 Å². The van der Waals surface area contributed by atoms with Crippen LogP contribution in [0.25, 0.3) is 11.0 Å². The van der Waals surface area contributed by atoms with Crippen molar-refractivity contribution < 1.29 is 13.2 Å². The van der Waals surface area contributed by atoms with Crippen molar-refractivity contribution in [2.75, 3.05) is 0 Å². The predicted octanol–water partition coefficient (Wildman–Crippen LogP) is 5.47. The number of benzene rings is 1. The van der Waals surface area contributed by atoms with Crippen LogP contribution < -0.4 is 0 Å². The van der Waals surface area contributed by atoms with Gasteiger partial charge >= 0.3 is 6.18 Å². The first kappa shape index (κ1) is 14.6. The lowest BCUT2D eigenvalue weighted by molar-refractivity contribution is -0.137. The summed E-state index contributed by atoms with van der Waals surface area (Å²) < 4.78 is 40.8. The third-order valence-corrected chi connectivity index (χ3v) is 4.69. The molecule has 2 aromatic rings. The van der Waals surface area contributed by atoms with Gasteiger partial charge in [-0.25, -0.2) is 0 Å². The second-order valence-corrected chi connectivity index (χ2v) is 6.33. The van der Waals surface area contributed by atoms with E-state index in [0.29, 0.717) is 16.3 Å². The third kappa shape index (κ3) is 2.73. The molecule has 0 spiro atoms. The normalized spacial score (nSPS) is 23.6. The Hall–Kier alpha value is -1.30. The number of aromatic nitrogens is 2. The first-order valence-electron chi connectivity index (χ1n) is 7.17. The van der Waals surface area contributed by atoms with E-state index in [1.165, 1.54) is 6.07 Å². The van der Waals surface area contributed by atoms with Crippen LogP contribution in [-0.2, 0) is 6.18 Å². The number of nitrogens with zero attached hydrogens (tertiary/aromatic N) is 1. The maximum atomic E-state index is 12.8. The van der Waals surface area contributed by atoms with E-state index >= 15 is 0 Å². The fourth-order valence-corrected chi connectivity index (χ4v) is 3.53. The maximum absolute atomic E-state index is 12.8. The lowest BCUT2D eigenvalue weighted by Crippen LogP contribution is -2.16. The van der Waals surface area contributed by atoms with Crippen LogP contribution in [-0.4, -0.2) is 9.55 Å². The minimum Gasteiger partial charge on any atom is -0.331 e. The van der Waals surface area contributed by atoms with Gasteiger partial charge in [0.2, 0.25) is 0 Å². The summed E-state index contributed by atoms with van der Waals surface area (Å²) in [6, 6.07) is 4.10. The fourth-order valence-electron chi connectivity index (χ4n) is 3.17. The van der Waals surface area contributed by atoms with Gasteiger partial charge in [0.1, 0.15) is 0 Å². The Morgan fingerprint density at radius 3 is 2.48 bits per heavy atom. The van der Waals surface area contributed by atoms with E-state index in [2.05, 4.69) is 11.9 Å². The van der Waals surface area contributed by atoms with E-state index in [1.807, 2.05) is 4.57 Å². The Kier molecular flexibility index (Phi) is 3.59. The zero-order valence-corrected chi connectivity index (χ0v) is 12.5. The highest BCUT2D eigenvalue weighted by Crippen LogP contribution is 2.36. The number of alkyl halides is 3. The molecule has 0 saturated heterocycles. The molecule has 0 aliphatic heterocycles. The molecule has 6 heteroatoms. The van der Waals surface area contributed by atoms with Crippen LogP contribution in [0.5, 0.6) is 0 Å². The van der Waals surface area contributed by atoms with Crippen molar-refractivity contribution in [3.8, 4) is 0 Å². The monoisotopic (exact) mass is 314 g/mol. The molecule has 0 bridgehead atoms. The highest BCUT2D eigenvalue weighted by atomic mass is 32.1. The quantitative estimate of drug-likeness (QED) is 0.692. The topological polar surface area (TPSA) is 20.7 Å². The molecule has 0 unspecified atom stereocenters. The van der Waals surface area contributed by atoms with Gasteiger partial charge in [0.05, 0.1) is 16.6 Å². The van der Waals surface area contributed by atoms with Crippen molar-refractivity contribution in [3.63, 3.8) is 0 Å².